The van der Waals surface area contributed by atoms with Crippen LogP contribution >= 0.6 is 0 Å². The third kappa shape index (κ3) is 2.47. The second kappa shape index (κ2) is 4.45. The number of likely N-dealkylation sites (tertiary alicyclic amines) is 1. The number of nitrogens with zero attached hydrogens (tertiary/aromatic N) is 1. The number of aryl methyl sites for hydroxylation is 1. The molecule has 17 heavy (non-hydrogen) atoms. The number of benzene rings is 1. The van der Waals surface area contributed by atoms with Crippen molar-refractivity contribution in [3.8, 4) is 0 Å². The van der Waals surface area contributed by atoms with Crippen LogP contribution in [0.3, 0.4) is 0 Å². The van der Waals surface area contributed by atoms with Crippen molar-refractivity contribution < 1.29 is 9.18 Å². The fourth-order valence-electron chi connectivity index (χ4n) is 2.20. The van der Waals surface area contributed by atoms with E-state index in [2.05, 4.69) is 0 Å². The molecule has 0 radical (unpaired) electrons. The number of hydrogen-bond acceptors (Lipinski definition) is 2. The smallest absolute Gasteiger partial charge is 0.254 e. The lowest BCUT2D eigenvalue weighted by Gasteiger charge is -2.16. The Balaban J connectivity index is 2.20. The maximum atomic E-state index is 13.2. The molecule has 1 aromatic carbocycles. The summed E-state index contributed by atoms with van der Waals surface area (Å²) in [5, 5.41) is 0. The highest BCUT2D eigenvalue weighted by Crippen LogP contribution is 2.18. The van der Waals surface area contributed by atoms with Crippen LogP contribution in [0, 0.1) is 18.7 Å². The van der Waals surface area contributed by atoms with Crippen LogP contribution < -0.4 is 5.73 Å². The molecule has 4 heteroatoms. The van der Waals surface area contributed by atoms with Gasteiger partial charge in [0.2, 0.25) is 0 Å². The summed E-state index contributed by atoms with van der Waals surface area (Å²) >= 11 is 0. The van der Waals surface area contributed by atoms with Crippen molar-refractivity contribution in [1.29, 1.82) is 0 Å². The van der Waals surface area contributed by atoms with Gasteiger partial charge in [0.05, 0.1) is 0 Å². The lowest BCUT2D eigenvalue weighted by atomic mass is 10.1. The molecule has 0 spiro atoms. The maximum Gasteiger partial charge on any atom is 0.254 e. The van der Waals surface area contributed by atoms with Gasteiger partial charge >= 0.3 is 0 Å². The van der Waals surface area contributed by atoms with Crippen molar-refractivity contribution in [3.63, 3.8) is 0 Å². The van der Waals surface area contributed by atoms with Gasteiger partial charge in [-0.1, -0.05) is 6.92 Å². The number of nitrogens with two attached hydrogens (primary N) is 1. The van der Waals surface area contributed by atoms with Crippen molar-refractivity contribution in [1.82, 2.24) is 4.90 Å². The van der Waals surface area contributed by atoms with Crippen molar-refractivity contribution >= 4 is 5.91 Å². The standard InChI is InChI=1S/C13H17FN2O/c1-8-3-10(5-11(14)4-8)13(17)16-6-9(2)12(15)7-16/h3-5,9,12H,6-7,15H2,1-2H3. The van der Waals surface area contributed by atoms with Crippen LogP contribution in [0.2, 0.25) is 0 Å². The molecule has 0 aromatic heterocycles. The number of carbonyl (C=O) groups excluding carboxylic acids is 1. The SMILES string of the molecule is Cc1cc(F)cc(C(=O)N2CC(C)C(N)C2)c1. The van der Waals surface area contributed by atoms with Crippen LogP contribution in [0.15, 0.2) is 18.2 Å². The molecule has 0 bridgehead atoms. The molecule has 1 aliphatic rings. The Hall–Kier alpha value is -1.42. The van der Waals surface area contributed by atoms with E-state index in [-0.39, 0.29) is 17.8 Å². The molecule has 0 aliphatic carbocycles. The van der Waals surface area contributed by atoms with Gasteiger partial charge < -0.3 is 10.6 Å². The fraction of sp³-hybridized carbons (Fsp3) is 0.462. The molecule has 1 aliphatic heterocycles. The molecule has 1 amide bonds. The number of rotatable bonds is 1. The van der Waals surface area contributed by atoms with E-state index in [9.17, 15) is 9.18 Å². The summed E-state index contributed by atoms with van der Waals surface area (Å²) in [4.78, 5) is 13.8. The lowest BCUT2D eigenvalue weighted by molar-refractivity contribution is 0.0786. The molecule has 2 N–H and O–H groups in total. The van der Waals surface area contributed by atoms with E-state index in [0.29, 0.717) is 24.6 Å². The molecular weight excluding hydrogens is 219 g/mol. The van der Waals surface area contributed by atoms with Crippen LogP contribution in [0.1, 0.15) is 22.8 Å². The maximum absolute atomic E-state index is 13.2. The minimum Gasteiger partial charge on any atom is -0.337 e. The van der Waals surface area contributed by atoms with Gasteiger partial charge in [-0.3, -0.25) is 4.79 Å². The van der Waals surface area contributed by atoms with E-state index in [0.717, 1.165) is 5.56 Å². The Morgan fingerprint density at radius 1 is 1.41 bits per heavy atom. The van der Waals surface area contributed by atoms with Crippen LogP contribution in [-0.2, 0) is 0 Å². The van der Waals surface area contributed by atoms with Crippen molar-refractivity contribution in [2.24, 2.45) is 11.7 Å². The van der Waals surface area contributed by atoms with Crippen LogP contribution in [0.4, 0.5) is 4.39 Å². The highest BCUT2D eigenvalue weighted by Gasteiger charge is 2.30. The highest BCUT2D eigenvalue weighted by molar-refractivity contribution is 5.94. The summed E-state index contributed by atoms with van der Waals surface area (Å²) in [5.74, 6) is -0.203. The summed E-state index contributed by atoms with van der Waals surface area (Å²) in [5.41, 5.74) is 7.04. The van der Waals surface area contributed by atoms with Gasteiger partial charge in [0, 0.05) is 24.7 Å². The molecule has 1 fully saturated rings. The zero-order chi connectivity index (χ0) is 12.6. The summed E-state index contributed by atoms with van der Waals surface area (Å²) in [7, 11) is 0. The molecule has 2 atom stereocenters. The lowest BCUT2D eigenvalue weighted by Crippen LogP contribution is -2.32. The Morgan fingerprint density at radius 3 is 2.65 bits per heavy atom. The largest absolute Gasteiger partial charge is 0.337 e. The normalized spacial score (nSPS) is 24.1. The zero-order valence-corrected chi connectivity index (χ0v) is 10.1. The zero-order valence-electron chi connectivity index (χ0n) is 10.1. The Kier molecular flexibility index (Phi) is 3.15. The first kappa shape index (κ1) is 12.0. The monoisotopic (exact) mass is 236 g/mol. The molecule has 3 nitrogen and oxygen atoms in total. The molecule has 2 rings (SSSR count). The summed E-state index contributed by atoms with van der Waals surface area (Å²) in [6.45, 7) is 5.00. The summed E-state index contributed by atoms with van der Waals surface area (Å²) in [6, 6.07) is 4.42. The van der Waals surface area contributed by atoms with E-state index in [1.54, 1.807) is 17.9 Å². The molecular formula is C13H17FN2O. The van der Waals surface area contributed by atoms with Crippen molar-refractivity contribution in [2.45, 2.75) is 19.9 Å². The van der Waals surface area contributed by atoms with Crippen LogP contribution in [0.5, 0.6) is 0 Å². The number of carbonyl (C=O) groups is 1. The molecule has 1 heterocycles. The van der Waals surface area contributed by atoms with Crippen molar-refractivity contribution in [2.75, 3.05) is 13.1 Å². The third-order valence-electron chi connectivity index (χ3n) is 3.25. The molecule has 92 valence electrons. The van der Waals surface area contributed by atoms with Gasteiger partial charge in [-0.05, 0) is 36.6 Å². The van der Waals surface area contributed by atoms with Gasteiger partial charge in [-0.25, -0.2) is 4.39 Å². The summed E-state index contributed by atoms with van der Waals surface area (Å²) < 4.78 is 13.2. The van der Waals surface area contributed by atoms with Crippen LogP contribution in [-0.4, -0.2) is 29.9 Å². The van der Waals surface area contributed by atoms with E-state index in [1.807, 2.05) is 6.92 Å². The Bertz CT molecular complexity index is 417. The van der Waals surface area contributed by atoms with E-state index < -0.39 is 0 Å². The first-order valence-electron chi connectivity index (χ1n) is 5.79. The number of halogens is 1. The average Bonchev–Trinajstić information content (AvgIpc) is 2.57. The van der Waals surface area contributed by atoms with Gasteiger partial charge in [0.1, 0.15) is 5.82 Å². The topological polar surface area (TPSA) is 46.3 Å². The second-order valence-electron chi connectivity index (χ2n) is 4.87. The van der Waals surface area contributed by atoms with Gasteiger partial charge in [0.15, 0.2) is 0 Å². The van der Waals surface area contributed by atoms with Crippen LogP contribution in [0.25, 0.3) is 0 Å². The third-order valence-corrected chi connectivity index (χ3v) is 3.25. The second-order valence-corrected chi connectivity index (χ2v) is 4.87. The first-order valence-corrected chi connectivity index (χ1v) is 5.79. The number of amides is 1. The van der Waals surface area contributed by atoms with Gasteiger partial charge in [0.25, 0.3) is 5.91 Å². The van der Waals surface area contributed by atoms with Gasteiger partial charge in [-0.2, -0.15) is 0 Å². The minimum absolute atomic E-state index is 0.0219. The number of hydrogen-bond donors (Lipinski definition) is 1. The molecule has 1 aromatic rings. The van der Waals surface area contributed by atoms with E-state index in [1.165, 1.54) is 12.1 Å². The van der Waals surface area contributed by atoms with Gasteiger partial charge in [-0.15, -0.1) is 0 Å². The molecule has 1 saturated heterocycles. The predicted molar refractivity (Wildman–Crippen MR) is 64.2 cm³/mol. The Morgan fingerprint density at radius 2 is 2.12 bits per heavy atom. The Labute approximate surface area is 100 Å². The van der Waals surface area contributed by atoms with E-state index >= 15 is 0 Å². The molecule has 0 saturated carbocycles. The minimum atomic E-state index is -0.370. The average molecular weight is 236 g/mol. The van der Waals surface area contributed by atoms with E-state index in [4.69, 9.17) is 5.73 Å². The first-order chi connectivity index (χ1) is 7.97. The quantitative estimate of drug-likeness (QED) is 0.804. The fourth-order valence-corrected chi connectivity index (χ4v) is 2.20. The summed E-state index contributed by atoms with van der Waals surface area (Å²) in [6.07, 6.45) is 0. The predicted octanol–water partition coefficient (Wildman–Crippen LogP) is 1.55. The molecule has 2 unspecified atom stereocenters. The highest BCUT2D eigenvalue weighted by atomic mass is 19.1. The van der Waals surface area contributed by atoms with Crippen molar-refractivity contribution in [3.05, 3.63) is 35.1 Å².